The molecule has 100 valence electrons. The molecule has 10 nitrogen and oxygen atoms in total. The zero-order valence-electron chi connectivity index (χ0n) is 9.22. The predicted octanol–water partition coefficient (Wildman–Crippen LogP) is -2.70. The molecule has 0 bridgehead atoms. The summed E-state index contributed by atoms with van der Waals surface area (Å²) in [7, 11) is -4.30. The van der Waals surface area contributed by atoms with Gasteiger partial charge in [-0.05, 0) is 6.92 Å². The van der Waals surface area contributed by atoms with Crippen molar-refractivity contribution in [1.29, 1.82) is 0 Å². The molecule has 0 atom stereocenters. The molecule has 1 aromatic rings. The number of nitrogens with one attached hydrogen (secondary N) is 3. The second-order valence-corrected chi connectivity index (χ2v) is 4.62. The first kappa shape index (κ1) is 14.1. The molecule has 0 unspecified atom stereocenters. The van der Waals surface area contributed by atoms with E-state index in [2.05, 4.69) is 9.84 Å². The monoisotopic (exact) mass is 278 g/mol. The van der Waals surface area contributed by atoms with Crippen LogP contribution in [0.25, 0.3) is 0 Å². The first-order chi connectivity index (χ1) is 8.36. The van der Waals surface area contributed by atoms with Crippen molar-refractivity contribution in [2.75, 3.05) is 13.2 Å². The molecule has 3 N–H and O–H groups in total. The summed E-state index contributed by atoms with van der Waals surface area (Å²) in [5.74, 6) is -0.804. The molecule has 11 heteroatoms. The summed E-state index contributed by atoms with van der Waals surface area (Å²) in [4.78, 5) is 34.5. The first-order valence-electron chi connectivity index (χ1n) is 4.71. The van der Waals surface area contributed by atoms with Gasteiger partial charge in [-0.25, -0.2) is 18.3 Å². The van der Waals surface area contributed by atoms with Crippen LogP contribution in [0.1, 0.15) is 6.92 Å². The number of ether oxygens (including phenoxy) is 1. The van der Waals surface area contributed by atoms with Crippen molar-refractivity contribution in [2.45, 2.75) is 11.9 Å². The number of hydrogen-bond acceptors (Lipinski definition) is 7. The van der Waals surface area contributed by atoms with Crippen molar-refractivity contribution < 1.29 is 17.9 Å². The van der Waals surface area contributed by atoms with Crippen molar-refractivity contribution in [1.82, 2.24) is 19.9 Å². The molecule has 0 fully saturated rings. The molecule has 0 aromatic carbocycles. The van der Waals surface area contributed by atoms with Crippen LogP contribution in [0, 0.1) is 0 Å². The second kappa shape index (κ2) is 5.55. The van der Waals surface area contributed by atoms with E-state index in [1.54, 1.807) is 17.0 Å². The summed E-state index contributed by atoms with van der Waals surface area (Å²) in [5, 5.41) is 3.91. The highest BCUT2D eigenvalue weighted by molar-refractivity contribution is 7.89. The lowest BCUT2D eigenvalue weighted by atomic mass is 10.7. The molecule has 0 saturated heterocycles. The number of nitrogens with zero attached hydrogens (tertiary/aromatic N) is 1. The van der Waals surface area contributed by atoms with Gasteiger partial charge in [-0.1, -0.05) is 0 Å². The highest BCUT2D eigenvalue weighted by atomic mass is 32.2. The highest BCUT2D eigenvalue weighted by Crippen LogP contribution is 1.93. The van der Waals surface area contributed by atoms with E-state index in [-0.39, 0.29) is 6.61 Å². The van der Waals surface area contributed by atoms with Crippen LogP contribution >= 0.6 is 0 Å². The van der Waals surface area contributed by atoms with E-state index in [9.17, 15) is 22.8 Å². The molecule has 0 amide bonds. The largest absolute Gasteiger partial charge is 0.465 e. The molecule has 18 heavy (non-hydrogen) atoms. The molecule has 0 aliphatic carbocycles. The Bertz CT molecular complexity index is 644. The Balaban J connectivity index is 2.90. The first-order valence-corrected chi connectivity index (χ1v) is 6.19. The number of esters is 1. The van der Waals surface area contributed by atoms with E-state index in [1.165, 1.54) is 0 Å². The molecule has 0 aliphatic heterocycles. The molecular weight excluding hydrogens is 268 g/mol. The summed E-state index contributed by atoms with van der Waals surface area (Å²) in [6.07, 6.45) is 0. The third-order valence-corrected chi connectivity index (χ3v) is 2.96. The van der Waals surface area contributed by atoms with Crippen LogP contribution < -0.4 is 16.0 Å². The maximum atomic E-state index is 11.5. The normalized spacial score (nSPS) is 11.2. The maximum absolute atomic E-state index is 11.5. The van der Waals surface area contributed by atoms with Gasteiger partial charge in [0, 0.05) is 0 Å². The fraction of sp³-hybridized carbons (Fsp3) is 0.429. The van der Waals surface area contributed by atoms with Gasteiger partial charge in [0.2, 0.25) is 0 Å². The maximum Gasteiger partial charge on any atom is 0.342 e. The van der Waals surface area contributed by atoms with E-state index in [1.807, 2.05) is 4.72 Å². The van der Waals surface area contributed by atoms with Gasteiger partial charge in [0.05, 0.1) is 6.61 Å². The second-order valence-electron chi connectivity index (χ2n) is 2.94. The van der Waals surface area contributed by atoms with Crippen LogP contribution in [0.15, 0.2) is 14.6 Å². The van der Waals surface area contributed by atoms with Crippen LogP contribution in [0.2, 0.25) is 0 Å². The van der Waals surface area contributed by atoms with Gasteiger partial charge >= 0.3 is 11.7 Å². The number of H-pyrrole nitrogens is 2. The van der Waals surface area contributed by atoms with E-state index in [4.69, 9.17) is 0 Å². The van der Waals surface area contributed by atoms with Gasteiger partial charge in [-0.3, -0.25) is 14.6 Å². The standard InChI is InChI=1S/C7H10N4O6S/c1-2-17-4(12)3-8-18(15,16)6-5(13)9-7(14)11-10-6/h8H,2-3H2,1H3,(H2,9,11,13,14). The average molecular weight is 278 g/mol. The van der Waals surface area contributed by atoms with Crippen LogP contribution in [0.3, 0.4) is 0 Å². The fourth-order valence-electron chi connectivity index (χ4n) is 0.953. The Kier molecular flexibility index (Phi) is 4.33. The minimum atomic E-state index is -4.30. The van der Waals surface area contributed by atoms with Gasteiger partial charge in [0.25, 0.3) is 20.6 Å². The Morgan fingerprint density at radius 3 is 2.67 bits per heavy atom. The van der Waals surface area contributed by atoms with Crippen molar-refractivity contribution in [3.8, 4) is 0 Å². The quantitative estimate of drug-likeness (QED) is 0.495. The summed E-state index contributed by atoms with van der Waals surface area (Å²) < 4.78 is 29.4. The van der Waals surface area contributed by atoms with Crippen LogP contribution in [-0.2, 0) is 19.6 Å². The van der Waals surface area contributed by atoms with E-state index < -0.39 is 38.8 Å². The van der Waals surface area contributed by atoms with E-state index in [0.29, 0.717) is 0 Å². The molecule has 0 spiro atoms. The van der Waals surface area contributed by atoms with Crippen molar-refractivity contribution in [3.63, 3.8) is 0 Å². The van der Waals surface area contributed by atoms with Gasteiger partial charge in [-0.2, -0.15) is 9.82 Å². The molecule has 1 aromatic heterocycles. The van der Waals surface area contributed by atoms with E-state index >= 15 is 0 Å². The third-order valence-electron chi connectivity index (χ3n) is 1.65. The van der Waals surface area contributed by atoms with Crippen LogP contribution in [0.5, 0.6) is 0 Å². The zero-order valence-corrected chi connectivity index (χ0v) is 10.0. The SMILES string of the molecule is CCOC(=O)CNS(=O)(=O)c1n[nH]c(=O)[nH]c1=O. The number of carbonyl (C=O) groups excluding carboxylic acids is 1. The minimum Gasteiger partial charge on any atom is -0.465 e. The number of carbonyl (C=O) groups is 1. The molecular formula is C7H10N4O6S. The lowest BCUT2D eigenvalue weighted by Gasteiger charge is -2.04. The summed E-state index contributed by atoms with van der Waals surface area (Å²) in [6, 6.07) is 0. The van der Waals surface area contributed by atoms with E-state index in [0.717, 1.165) is 0 Å². The fourth-order valence-corrected chi connectivity index (χ4v) is 1.86. The van der Waals surface area contributed by atoms with Gasteiger partial charge in [0.1, 0.15) is 6.54 Å². The molecule has 0 aliphatic rings. The Morgan fingerprint density at radius 1 is 1.44 bits per heavy atom. The van der Waals surface area contributed by atoms with Crippen molar-refractivity contribution in [2.24, 2.45) is 0 Å². The minimum absolute atomic E-state index is 0.0953. The van der Waals surface area contributed by atoms with Gasteiger partial charge in [-0.15, -0.1) is 0 Å². The Morgan fingerprint density at radius 2 is 2.11 bits per heavy atom. The topological polar surface area (TPSA) is 151 Å². The van der Waals surface area contributed by atoms with Crippen molar-refractivity contribution >= 4 is 16.0 Å². The van der Waals surface area contributed by atoms with Gasteiger partial charge in [0.15, 0.2) is 0 Å². The summed E-state index contributed by atoms with van der Waals surface area (Å²) in [5.41, 5.74) is -2.13. The number of aromatic amines is 2. The van der Waals surface area contributed by atoms with Gasteiger partial charge < -0.3 is 4.74 Å². The average Bonchev–Trinajstić information content (AvgIpc) is 2.26. The summed E-state index contributed by atoms with van der Waals surface area (Å²) >= 11 is 0. The lowest BCUT2D eigenvalue weighted by Crippen LogP contribution is -2.37. The number of hydrogen-bond donors (Lipinski definition) is 3. The summed E-state index contributed by atoms with van der Waals surface area (Å²) in [6.45, 7) is 1.01. The predicted molar refractivity (Wildman–Crippen MR) is 57.3 cm³/mol. The Labute approximate surface area is 100 Å². The molecule has 0 saturated carbocycles. The van der Waals surface area contributed by atoms with Crippen LogP contribution in [-0.4, -0.2) is 42.7 Å². The zero-order chi connectivity index (χ0) is 13.8. The molecule has 0 radical (unpaired) electrons. The Hall–Kier alpha value is -2.01. The van der Waals surface area contributed by atoms with Crippen LogP contribution in [0.4, 0.5) is 0 Å². The smallest absolute Gasteiger partial charge is 0.342 e. The number of sulfonamides is 1. The highest BCUT2D eigenvalue weighted by Gasteiger charge is 2.21. The molecule has 1 heterocycles. The lowest BCUT2D eigenvalue weighted by molar-refractivity contribution is -0.141. The third kappa shape index (κ3) is 3.49. The molecule has 1 rings (SSSR count). The number of rotatable bonds is 5. The van der Waals surface area contributed by atoms with Crippen molar-refractivity contribution in [3.05, 3.63) is 20.8 Å². The number of aromatic nitrogens is 3.